The first kappa shape index (κ1) is 16.4. The van der Waals surface area contributed by atoms with Crippen molar-refractivity contribution in [2.45, 2.75) is 4.90 Å². The van der Waals surface area contributed by atoms with E-state index in [4.69, 9.17) is 38.8 Å². The van der Waals surface area contributed by atoms with E-state index in [1.165, 1.54) is 24.3 Å². The first-order valence-electron chi connectivity index (χ1n) is 5.43. The Bertz CT molecular complexity index is 812. The number of halogens is 3. The quantitative estimate of drug-likeness (QED) is 0.593. The van der Waals surface area contributed by atoms with Crippen molar-refractivity contribution in [3.05, 3.63) is 44.8 Å². The monoisotopic (exact) mass is 410 g/mol. The molecule has 112 valence electrons. The minimum absolute atomic E-state index is 0.113. The number of sulfonamides is 1. The number of hydrogen-bond donors (Lipinski definition) is 2. The number of ether oxygens (including phenoxy) is 1. The van der Waals surface area contributed by atoms with Crippen LogP contribution in [0.2, 0.25) is 10.0 Å². The summed E-state index contributed by atoms with van der Waals surface area (Å²) in [5.74, 6) is 0.352. The Labute approximate surface area is 140 Å². The molecule has 0 heterocycles. The SMILES string of the molecule is Nc1ccc(S(N)(=O)=O)cc1Oc1cc(Cl)c(Br)cc1Cl. The molecule has 2 aromatic carbocycles. The molecule has 0 aromatic heterocycles. The zero-order valence-electron chi connectivity index (χ0n) is 10.3. The first-order valence-corrected chi connectivity index (χ1v) is 8.53. The Morgan fingerprint density at radius 3 is 2.33 bits per heavy atom. The van der Waals surface area contributed by atoms with Crippen molar-refractivity contribution in [2.75, 3.05) is 5.73 Å². The van der Waals surface area contributed by atoms with Gasteiger partial charge in [0.25, 0.3) is 0 Å². The van der Waals surface area contributed by atoms with Crippen molar-refractivity contribution in [1.29, 1.82) is 0 Å². The fourth-order valence-electron chi connectivity index (χ4n) is 1.48. The summed E-state index contributed by atoms with van der Waals surface area (Å²) in [4.78, 5) is -0.119. The van der Waals surface area contributed by atoms with Gasteiger partial charge in [0.05, 0.1) is 20.6 Å². The number of anilines is 1. The Morgan fingerprint density at radius 2 is 1.71 bits per heavy atom. The summed E-state index contributed by atoms with van der Waals surface area (Å²) in [6.45, 7) is 0. The maximum absolute atomic E-state index is 11.3. The lowest BCUT2D eigenvalue weighted by molar-refractivity contribution is 0.483. The van der Waals surface area contributed by atoms with Gasteiger partial charge < -0.3 is 10.5 Å². The number of primary sulfonamides is 1. The van der Waals surface area contributed by atoms with E-state index in [9.17, 15) is 8.42 Å². The van der Waals surface area contributed by atoms with Gasteiger partial charge in [-0.25, -0.2) is 13.6 Å². The second-order valence-corrected chi connectivity index (χ2v) is 7.27. The van der Waals surface area contributed by atoms with Gasteiger partial charge in [0.15, 0.2) is 5.75 Å². The second-order valence-electron chi connectivity index (χ2n) is 4.04. The molecule has 4 N–H and O–H groups in total. The number of benzene rings is 2. The van der Waals surface area contributed by atoms with E-state index in [0.717, 1.165) is 0 Å². The standard InChI is InChI=1S/C12H9BrCl2N2O3S/c13-7-4-9(15)11(5-8(7)14)20-12-3-6(21(17,18)19)1-2-10(12)16/h1-5H,16H2,(H2,17,18,19). The molecule has 0 fully saturated rings. The van der Waals surface area contributed by atoms with E-state index < -0.39 is 10.0 Å². The van der Waals surface area contributed by atoms with Gasteiger partial charge in [-0.2, -0.15) is 0 Å². The highest BCUT2D eigenvalue weighted by Crippen LogP contribution is 2.38. The van der Waals surface area contributed by atoms with Crippen LogP contribution in [0.25, 0.3) is 0 Å². The molecule has 0 aliphatic rings. The number of nitrogen functional groups attached to an aromatic ring is 1. The summed E-state index contributed by atoms with van der Waals surface area (Å²) in [5.41, 5.74) is 5.99. The minimum Gasteiger partial charge on any atom is -0.454 e. The molecule has 2 aromatic rings. The van der Waals surface area contributed by atoms with Crippen LogP contribution < -0.4 is 15.6 Å². The smallest absolute Gasteiger partial charge is 0.238 e. The van der Waals surface area contributed by atoms with E-state index in [1.807, 2.05) is 0 Å². The number of nitrogens with two attached hydrogens (primary N) is 2. The third kappa shape index (κ3) is 3.81. The third-order valence-electron chi connectivity index (χ3n) is 2.51. The molecule has 21 heavy (non-hydrogen) atoms. The molecule has 0 aliphatic carbocycles. The summed E-state index contributed by atoms with van der Waals surface area (Å²) in [5, 5.41) is 5.73. The summed E-state index contributed by atoms with van der Waals surface area (Å²) in [7, 11) is -3.86. The Morgan fingerprint density at radius 1 is 1.05 bits per heavy atom. The number of rotatable bonds is 3. The molecular weight excluding hydrogens is 403 g/mol. The van der Waals surface area contributed by atoms with E-state index in [0.29, 0.717) is 9.50 Å². The predicted molar refractivity (Wildman–Crippen MR) is 86.5 cm³/mol. The van der Waals surface area contributed by atoms with Gasteiger partial charge in [-0.3, -0.25) is 0 Å². The molecule has 9 heteroatoms. The van der Waals surface area contributed by atoms with Gasteiger partial charge in [-0.15, -0.1) is 0 Å². The molecule has 0 bridgehead atoms. The highest BCUT2D eigenvalue weighted by molar-refractivity contribution is 9.10. The van der Waals surface area contributed by atoms with E-state index >= 15 is 0 Å². The fraction of sp³-hybridized carbons (Fsp3) is 0. The summed E-state index contributed by atoms with van der Waals surface area (Å²) in [6.07, 6.45) is 0. The van der Waals surface area contributed by atoms with Gasteiger partial charge in [0.2, 0.25) is 10.0 Å². The maximum atomic E-state index is 11.3. The van der Waals surface area contributed by atoms with Gasteiger partial charge in [0.1, 0.15) is 5.75 Å². The Balaban J connectivity index is 2.47. The van der Waals surface area contributed by atoms with E-state index in [1.54, 1.807) is 6.07 Å². The van der Waals surface area contributed by atoms with Crippen LogP contribution in [0.3, 0.4) is 0 Å². The van der Waals surface area contributed by atoms with Crippen molar-refractivity contribution in [1.82, 2.24) is 0 Å². The van der Waals surface area contributed by atoms with Crippen molar-refractivity contribution in [3.8, 4) is 11.5 Å². The van der Waals surface area contributed by atoms with Crippen molar-refractivity contribution < 1.29 is 13.2 Å². The number of hydrogen-bond acceptors (Lipinski definition) is 4. The highest BCUT2D eigenvalue weighted by atomic mass is 79.9. The molecule has 2 rings (SSSR count). The van der Waals surface area contributed by atoms with Crippen LogP contribution >= 0.6 is 39.1 Å². The summed E-state index contributed by atoms with van der Waals surface area (Å²) < 4.78 is 28.8. The molecule has 0 radical (unpaired) electrons. The van der Waals surface area contributed by atoms with E-state index in [2.05, 4.69) is 15.9 Å². The van der Waals surface area contributed by atoms with Crippen LogP contribution in [0, 0.1) is 0 Å². The van der Waals surface area contributed by atoms with Crippen LogP contribution in [0.4, 0.5) is 5.69 Å². The largest absolute Gasteiger partial charge is 0.454 e. The van der Waals surface area contributed by atoms with Gasteiger partial charge in [-0.1, -0.05) is 23.2 Å². The third-order valence-corrected chi connectivity index (χ3v) is 4.91. The lowest BCUT2D eigenvalue weighted by Gasteiger charge is -2.12. The van der Waals surface area contributed by atoms with Crippen LogP contribution in [0.1, 0.15) is 0 Å². The molecule has 0 amide bonds. The van der Waals surface area contributed by atoms with Crippen molar-refractivity contribution in [2.24, 2.45) is 5.14 Å². The lowest BCUT2D eigenvalue weighted by Crippen LogP contribution is -2.12. The molecule has 0 aliphatic heterocycles. The molecule has 5 nitrogen and oxygen atoms in total. The normalized spacial score (nSPS) is 11.4. The predicted octanol–water partition coefficient (Wildman–Crippen LogP) is 3.78. The molecule has 0 unspecified atom stereocenters. The molecule has 0 saturated carbocycles. The van der Waals surface area contributed by atoms with Crippen LogP contribution in [-0.4, -0.2) is 8.42 Å². The topological polar surface area (TPSA) is 95.4 Å². The molecule has 0 saturated heterocycles. The summed E-state index contributed by atoms with van der Waals surface area (Å²) in [6, 6.07) is 6.92. The Kier molecular flexibility index (Phi) is 4.69. The van der Waals surface area contributed by atoms with Crippen LogP contribution in [0.5, 0.6) is 11.5 Å². The maximum Gasteiger partial charge on any atom is 0.238 e. The van der Waals surface area contributed by atoms with Crippen molar-refractivity contribution >= 4 is 54.8 Å². The first-order chi connectivity index (χ1) is 9.68. The second kappa shape index (κ2) is 6.02. The molecule has 0 atom stereocenters. The zero-order chi connectivity index (χ0) is 15.8. The van der Waals surface area contributed by atoms with E-state index in [-0.39, 0.29) is 27.1 Å². The van der Waals surface area contributed by atoms with Crippen LogP contribution in [-0.2, 0) is 10.0 Å². The summed E-state index contributed by atoms with van der Waals surface area (Å²) >= 11 is 15.2. The average molecular weight is 412 g/mol. The molecule has 0 spiro atoms. The lowest BCUT2D eigenvalue weighted by atomic mass is 10.3. The highest BCUT2D eigenvalue weighted by Gasteiger charge is 2.14. The Hall–Kier alpha value is -0.990. The zero-order valence-corrected chi connectivity index (χ0v) is 14.2. The molecular formula is C12H9BrCl2N2O3S. The van der Waals surface area contributed by atoms with Gasteiger partial charge in [0, 0.05) is 16.6 Å². The van der Waals surface area contributed by atoms with Gasteiger partial charge >= 0.3 is 0 Å². The fourth-order valence-corrected chi connectivity index (χ4v) is 2.84. The van der Waals surface area contributed by atoms with Crippen molar-refractivity contribution in [3.63, 3.8) is 0 Å². The van der Waals surface area contributed by atoms with Gasteiger partial charge in [-0.05, 0) is 34.1 Å². The van der Waals surface area contributed by atoms with Crippen LogP contribution in [0.15, 0.2) is 39.7 Å². The minimum atomic E-state index is -3.86. The average Bonchev–Trinajstić information content (AvgIpc) is 2.37.